The molecule has 0 aromatic rings. The molecular formula is C14H28O5. The lowest BCUT2D eigenvalue weighted by Crippen LogP contribution is -2.39. The molecule has 0 spiro atoms. The Morgan fingerprint density at radius 3 is 2.05 bits per heavy atom. The third kappa shape index (κ3) is 5.00. The monoisotopic (exact) mass is 276 g/mol. The normalized spacial score (nSPS) is 30.9. The summed E-state index contributed by atoms with van der Waals surface area (Å²) in [5.74, 6) is 0. The zero-order valence-corrected chi connectivity index (χ0v) is 12.3. The molecule has 1 aliphatic rings. The minimum atomic E-state index is -0.458. The summed E-state index contributed by atoms with van der Waals surface area (Å²) >= 11 is 0. The average molecular weight is 276 g/mol. The molecule has 5 heteroatoms. The molecule has 0 aliphatic carbocycles. The smallest absolute Gasteiger partial charge is 0.186 e. The Kier molecular flexibility index (Phi) is 8.57. The molecule has 1 unspecified atom stereocenters. The Morgan fingerprint density at radius 2 is 1.58 bits per heavy atom. The number of unbranched alkanes of at least 4 members (excludes halogenated alkanes) is 2. The van der Waals surface area contributed by atoms with Gasteiger partial charge in [0.15, 0.2) is 6.29 Å². The van der Waals surface area contributed by atoms with Gasteiger partial charge in [0.1, 0.15) is 18.3 Å². The third-order valence-corrected chi connectivity index (χ3v) is 3.30. The number of rotatable bonds is 10. The van der Waals surface area contributed by atoms with Gasteiger partial charge in [-0.3, -0.25) is 0 Å². The van der Waals surface area contributed by atoms with Gasteiger partial charge in [-0.15, -0.1) is 0 Å². The molecule has 4 atom stereocenters. The molecule has 0 radical (unpaired) electrons. The van der Waals surface area contributed by atoms with Crippen LogP contribution in [0.2, 0.25) is 0 Å². The van der Waals surface area contributed by atoms with Crippen LogP contribution >= 0.6 is 0 Å². The number of aliphatic hydroxyl groups excluding tert-OH is 1. The molecule has 1 rings (SSSR count). The first-order valence-electron chi connectivity index (χ1n) is 7.30. The molecule has 1 saturated heterocycles. The lowest BCUT2D eigenvalue weighted by Gasteiger charge is -2.23. The second-order valence-corrected chi connectivity index (χ2v) is 4.84. The second-order valence-electron chi connectivity index (χ2n) is 4.84. The summed E-state index contributed by atoms with van der Waals surface area (Å²) in [5, 5.41) is 9.38. The van der Waals surface area contributed by atoms with Crippen LogP contribution in [-0.4, -0.2) is 56.6 Å². The standard InChI is InChI=1S/C14H28O5/c1-4-6-8-17-12-11(10-15)19-14(16-3)13(12)18-9-7-5-2/h11-15H,4-10H2,1-3H3/t11-,12-,13?,14-/m1/s1. The van der Waals surface area contributed by atoms with Gasteiger partial charge in [-0.05, 0) is 12.8 Å². The van der Waals surface area contributed by atoms with Gasteiger partial charge in [0.05, 0.1) is 6.61 Å². The lowest BCUT2D eigenvalue weighted by molar-refractivity contribution is -0.166. The highest BCUT2D eigenvalue weighted by Crippen LogP contribution is 2.27. The van der Waals surface area contributed by atoms with Crippen molar-refractivity contribution >= 4 is 0 Å². The zero-order chi connectivity index (χ0) is 14.1. The van der Waals surface area contributed by atoms with Crippen LogP contribution in [0.5, 0.6) is 0 Å². The van der Waals surface area contributed by atoms with Crippen molar-refractivity contribution in [2.24, 2.45) is 0 Å². The van der Waals surface area contributed by atoms with Crippen LogP contribution in [0.1, 0.15) is 39.5 Å². The average Bonchev–Trinajstić information content (AvgIpc) is 2.77. The van der Waals surface area contributed by atoms with E-state index in [1.165, 1.54) is 0 Å². The predicted molar refractivity (Wildman–Crippen MR) is 72.1 cm³/mol. The summed E-state index contributed by atoms with van der Waals surface area (Å²) in [6.45, 7) is 5.48. The maximum absolute atomic E-state index is 9.38. The molecule has 0 amide bonds. The van der Waals surface area contributed by atoms with E-state index < -0.39 is 6.29 Å². The fourth-order valence-electron chi connectivity index (χ4n) is 2.13. The van der Waals surface area contributed by atoms with E-state index in [2.05, 4.69) is 13.8 Å². The minimum Gasteiger partial charge on any atom is -0.394 e. The Balaban J connectivity index is 2.55. The van der Waals surface area contributed by atoms with Gasteiger partial charge in [0.25, 0.3) is 0 Å². The number of hydrogen-bond acceptors (Lipinski definition) is 5. The van der Waals surface area contributed by atoms with E-state index in [0.29, 0.717) is 13.2 Å². The third-order valence-electron chi connectivity index (χ3n) is 3.30. The van der Waals surface area contributed by atoms with Crippen LogP contribution in [0.15, 0.2) is 0 Å². The van der Waals surface area contributed by atoms with E-state index in [9.17, 15) is 5.11 Å². The Bertz CT molecular complexity index is 202. The molecule has 1 heterocycles. The van der Waals surface area contributed by atoms with Crippen molar-refractivity contribution < 1.29 is 24.1 Å². The highest BCUT2D eigenvalue weighted by Gasteiger charge is 2.46. The van der Waals surface area contributed by atoms with Crippen molar-refractivity contribution in [3.63, 3.8) is 0 Å². The first-order chi connectivity index (χ1) is 9.28. The van der Waals surface area contributed by atoms with Gasteiger partial charge in [-0.25, -0.2) is 0 Å². The van der Waals surface area contributed by atoms with E-state index in [1.807, 2.05) is 0 Å². The summed E-state index contributed by atoms with van der Waals surface area (Å²) in [4.78, 5) is 0. The van der Waals surface area contributed by atoms with Crippen molar-refractivity contribution in [2.75, 3.05) is 26.9 Å². The Hall–Kier alpha value is -0.200. The highest BCUT2D eigenvalue weighted by atomic mass is 16.7. The van der Waals surface area contributed by atoms with E-state index in [1.54, 1.807) is 7.11 Å². The first-order valence-corrected chi connectivity index (χ1v) is 7.30. The predicted octanol–water partition coefficient (Wildman–Crippen LogP) is 1.72. The topological polar surface area (TPSA) is 57.2 Å². The van der Waals surface area contributed by atoms with E-state index >= 15 is 0 Å². The van der Waals surface area contributed by atoms with Crippen LogP contribution < -0.4 is 0 Å². The number of methoxy groups -OCH3 is 1. The fourth-order valence-corrected chi connectivity index (χ4v) is 2.13. The van der Waals surface area contributed by atoms with E-state index in [0.717, 1.165) is 25.7 Å². The van der Waals surface area contributed by atoms with Gasteiger partial charge >= 0.3 is 0 Å². The van der Waals surface area contributed by atoms with Gasteiger partial charge < -0.3 is 24.1 Å². The summed E-state index contributed by atoms with van der Waals surface area (Å²) in [7, 11) is 1.59. The quantitative estimate of drug-likeness (QED) is 0.616. The molecule has 5 nitrogen and oxygen atoms in total. The molecule has 0 aromatic carbocycles. The van der Waals surface area contributed by atoms with Crippen LogP contribution in [-0.2, 0) is 18.9 Å². The van der Waals surface area contributed by atoms with Crippen molar-refractivity contribution in [3.05, 3.63) is 0 Å². The van der Waals surface area contributed by atoms with Crippen molar-refractivity contribution in [3.8, 4) is 0 Å². The molecule has 0 saturated carbocycles. The first kappa shape index (κ1) is 16.9. The molecule has 114 valence electrons. The summed E-state index contributed by atoms with van der Waals surface area (Å²) in [6, 6.07) is 0. The van der Waals surface area contributed by atoms with Crippen LogP contribution in [0.3, 0.4) is 0 Å². The van der Waals surface area contributed by atoms with Crippen molar-refractivity contribution in [2.45, 2.75) is 64.1 Å². The maximum Gasteiger partial charge on any atom is 0.186 e. The Labute approximate surface area is 116 Å². The Morgan fingerprint density at radius 1 is 1.00 bits per heavy atom. The highest BCUT2D eigenvalue weighted by molar-refractivity contribution is 4.89. The van der Waals surface area contributed by atoms with Gasteiger partial charge in [0, 0.05) is 20.3 Å². The van der Waals surface area contributed by atoms with Crippen LogP contribution in [0.25, 0.3) is 0 Å². The molecule has 1 N–H and O–H groups in total. The SMILES string of the molecule is CCCCOC1[C@H](OC)O[C@H](CO)[C@H]1OCCCC. The maximum atomic E-state index is 9.38. The largest absolute Gasteiger partial charge is 0.394 e. The van der Waals surface area contributed by atoms with Crippen LogP contribution in [0, 0.1) is 0 Å². The number of ether oxygens (including phenoxy) is 4. The molecule has 0 bridgehead atoms. The summed E-state index contributed by atoms with van der Waals surface area (Å²) in [5.41, 5.74) is 0. The molecule has 1 fully saturated rings. The zero-order valence-electron chi connectivity index (χ0n) is 12.3. The second kappa shape index (κ2) is 9.66. The van der Waals surface area contributed by atoms with E-state index in [-0.39, 0.29) is 24.9 Å². The fraction of sp³-hybridized carbons (Fsp3) is 1.00. The lowest BCUT2D eigenvalue weighted by atomic mass is 10.1. The molecule has 0 aromatic heterocycles. The van der Waals surface area contributed by atoms with Crippen LogP contribution in [0.4, 0.5) is 0 Å². The van der Waals surface area contributed by atoms with Gasteiger partial charge in [-0.2, -0.15) is 0 Å². The van der Waals surface area contributed by atoms with E-state index in [4.69, 9.17) is 18.9 Å². The van der Waals surface area contributed by atoms with Gasteiger partial charge in [-0.1, -0.05) is 26.7 Å². The number of aliphatic hydroxyl groups is 1. The molecular weight excluding hydrogens is 248 g/mol. The van der Waals surface area contributed by atoms with Crippen molar-refractivity contribution in [1.29, 1.82) is 0 Å². The summed E-state index contributed by atoms with van der Waals surface area (Å²) in [6.07, 6.45) is 2.81. The van der Waals surface area contributed by atoms with Crippen molar-refractivity contribution in [1.82, 2.24) is 0 Å². The minimum absolute atomic E-state index is 0.0791. The van der Waals surface area contributed by atoms with Gasteiger partial charge in [0.2, 0.25) is 0 Å². The molecule has 1 aliphatic heterocycles. The summed E-state index contributed by atoms with van der Waals surface area (Å²) < 4.78 is 22.6. The molecule has 19 heavy (non-hydrogen) atoms. The number of hydrogen-bond donors (Lipinski definition) is 1.